The lowest BCUT2D eigenvalue weighted by Crippen LogP contribution is -2.15. The lowest BCUT2D eigenvalue weighted by molar-refractivity contribution is -0.142. The Hall–Kier alpha value is -0.240. The van der Waals surface area contributed by atoms with Gasteiger partial charge in [-0.3, -0.25) is 4.79 Å². The lowest BCUT2D eigenvalue weighted by Gasteiger charge is -2.05. The predicted molar refractivity (Wildman–Crippen MR) is 77.8 cm³/mol. The van der Waals surface area contributed by atoms with Crippen molar-refractivity contribution in [1.29, 1.82) is 0 Å². The molecule has 0 aliphatic rings. The highest BCUT2D eigenvalue weighted by Gasteiger charge is 2.09. The van der Waals surface area contributed by atoms with Crippen LogP contribution < -0.4 is 0 Å². The quantitative estimate of drug-likeness (QED) is 0.288. The maximum Gasteiger partial charge on any atom is 0.324 e. The van der Waals surface area contributed by atoms with Crippen LogP contribution in [0.1, 0.15) is 71.1 Å². The van der Waals surface area contributed by atoms with E-state index in [1.54, 1.807) is 0 Å². The van der Waals surface area contributed by atoms with Crippen molar-refractivity contribution >= 4 is 17.6 Å². The van der Waals surface area contributed by atoms with Gasteiger partial charge in [0.2, 0.25) is 0 Å². The van der Waals surface area contributed by atoms with E-state index in [-0.39, 0.29) is 0 Å². The van der Waals surface area contributed by atoms with E-state index in [1.807, 2.05) is 0 Å². The molecule has 18 heavy (non-hydrogen) atoms. The van der Waals surface area contributed by atoms with Crippen LogP contribution in [-0.4, -0.2) is 18.0 Å². The van der Waals surface area contributed by atoms with Gasteiger partial charge in [0.15, 0.2) is 0 Å². The van der Waals surface area contributed by atoms with E-state index in [9.17, 15) is 4.79 Å². The third-order valence-electron chi connectivity index (χ3n) is 3.00. The molecule has 0 rings (SSSR count). The molecular weight excluding hydrogens is 248 g/mol. The smallest absolute Gasteiger partial charge is 0.324 e. The largest absolute Gasteiger partial charge is 0.465 e. The van der Waals surface area contributed by atoms with Crippen LogP contribution in [-0.2, 0) is 9.53 Å². The van der Waals surface area contributed by atoms with E-state index in [4.69, 9.17) is 16.3 Å². The van der Waals surface area contributed by atoms with Crippen molar-refractivity contribution in [2.75, 3.05) is 6.61 Å². The van der Waals surface area contributed by atoms with Gasteiger partial charge in [-0.1, -0.05) is 64.7 Å². The third-order valence-corrected chi connectivity index (χ3v) is 3.18. The Bertz CT molecular complexity index is 193. The Kier molecular flexibility index (Phi) is 13.0. The van der Waals surface area contributed by atoms with E-state index in [0.717, 1.165) is 12.8 Å². The molecule has 0 N–H and O–H groups in total. The second-order valence-electron chi connectivity index (χ2n) is 4.82. The molecule has 3 heteroatoms. The molecule has 1 atom stereocenters. The van der Waals surface area contributed by atoms with Gasteiger partial charge in [0.25, 0.3) is 0 Å². The molecule has 0 saturated carbocycles. The maximum absolute atomic E-state index is 11.0. The van der Waals surface area contributed by atoms with Crippen molar-refractivity contribution in [2.24, 2.45) is 0 Å². The van der Waals surface area contributed by atoms with Gasteiger partial charge in [0.1, 0.15) is 5.38 Å². The van der Waals surface area contributed by atoms with E-state index in [1.165, 1.54) is 51.4 Å². The minimum absolute atomic E-state index is 0.410. The number of rotatable bonds is 12. The molecule has 0 bridgehead atoms. The van der Waals surface area contributed by atoms with E-state index in [2.05, 4.69) is 13.8 Å². The molecule has 1 radical (unpaired) electrons. The van der Waals surface area contributed by atoms with Crippen molar-refractivity contribution in [1.82, 2.24) is 0 Å². The van der Waals surface area contributed by atoms with Crippen molar-refractivity contribution < 1.29 is 9.53 Å². The molecule has 1 unspecified atom stereocenters. The van der Waals surface area contributed by atoms with Gasteiger partial charge in [-0.25, -0.2) is 0 Å². The Morgan fingerprint density at radius 3 is 1.89 bits per heavy atom. The molecule has 2 nitrogen and oxygen atoms in total. The average molecular weight is 276 g/mol. The molecular formula is C15H28ClO2. The van der Waals surface area contributed by atoms with Crippen molar-refractivity contribution in [3.63, 3.8) is 0 Å². The summed E-state index contributed by atoms with van der Waals surface area (Å²) in [5.74, 6) is -0.410. The summed E-state index contributed by atoms with van der Waals surface area (Å²) < 4.78 is 4.94. The maximum atomic E-state index is 11.0. The number of hydrogen-bond acceptors (Lipinski definition) is 2. The van der Waals surface area contributed by atoms with Crippen LogP contribution in [0.15, 0.2) is 0 Å². The first kappa shape index (κ1) is 17.8. The summed E-state index contributed by atoms with van der Waals surface area (Å²) in [7, 11) is 0. The summed E-state index contributed by atoms with van der Waals surface area (Å²) in [6.07, 6.45) is 12.8. The van der Waals surface area contributed by atoms with Crippen molar-refractivity contribution in [3.8, 4) is 0 Å². The van der Waals surface area contributed by atoms with Crippen LogP contribution in [0.5, 0.6) is 0 Å². The van der Waals surface area contributed by atoms with Crippen LogP contribution in [0.4, 0.5) is 0 Å². The number of carbonyl (C=O) groups excluding carboxylic acids is 1. The molecule has 0 aromatic rings. The SMILES string of the molecule is [CH2]C(Cl)C(=O)OCCCCCCCCCCCC. The number of carbonyl (C=O) groups is 1. The summed E-state index contributed by atoms with van der Waals surface area (Å²) in [5.41, 5.74) is 0. The minimum atomic E-state index is -0.770. The number of hydrogen-bond donors (Lipinski definition) is 0. The van der Waals surface area contributed by atoms with E-state index in [0.29, 0.717) is 6.61 Å². The van der Waals surface area contributed by atoms with Gasteiger partial charge >= 0.3 is 5.97 Å². The molecule has 0 aromatic heterocycles. The van der Waals surface area contributed by atoms with Gasteiger partial charge in [0.05, 0.1) is 6.61 Å². The fourth-order valence-corrected chi connectivity index (χ4v) is 1.92. The summed E-state index contributed by atoms with van der Waals surface area (Å²) in [5, 5.41) is -0.770. The second kappa shape index (κ2) is 13.2. The Balaban J connectivity index is 3.05. The van der Waals surface area contributed by atoms with Crippen molar-refractivity contribution in [2.45, 2.75) is 76.5 Å². The standard InChI is InChI=1S/C15H28ClO2/c1-3-4-5-6-7-8-9-10-11-12-13-18-15(17)14(2)16/h14H,2-13H2,1H3. The molecule has 0 aliphatic carbocycles. The van der Waals surface area contributed by atoms with E-state index >= 15 is 0 Å². The van der Waals surface area contributed by atoms with Crippen LogP contribution in [0.25, 0.3) is 0 Å². The molecule has 107 valence electrons. The average Bonchev–Trinajstić information content (AvgIpc) is 2.35. The molecule has 0 spiro atoms. The third kappa shape index (κ3) is 12.2. The highest BCUT2D eigenvalue weighted by atomic mass is 35.5. The highest BCUT2D eigenvalue weighted by Crippen LogP contribution is 2.10. The predicted octanol–water partition coefficient (Wildman–Crippen LogP) is 4.89. The summed E-state index contributed by atoms with van der Waals surface area (Å²) in [4.78, 5) is 11.0. The number of alkyl halides is 1. The Morgan fingerprint density at radius 2 is 1.44 bits per heavy atom. The molecule has 0 aliphatic heterocycles. The second-order valence-corrected chi connectivity index (χ2v) is 5.34. The summed E-state index contributed by atoms with van der Waals surface area (Å²) >= 11 is 5.48. The normalized spacial score (nSPS) is 12.4. The number of esters is 1. The number of unbranched alkanes of at least 4 members (excludes halogenated alkanes) is 9. The van der Waals surface area contributed by atoms with Crippen LogP contribution in [0, 0.1) is 6.92 Å². The number of ether oxygens (including phenoxy) is 1. The van der Waals surface area contributed by atoms with Crippen LogP contribution in [0.2, 0.25) is 0 Å². The van der Waals surface area contributed by atoms with Gasteiger partial charge in [-0.05, 0) is 13.3 Å². The van der Waals surface area contributed by atoms with Gasteiger partial charge in [0, 0.05) is 0 Å². The minimum Gasteiger partial charge on any atom is -0.465 e. The first-order valence-corrected chi connectivity index (χ1v) is 7.76. The van der Waals surface area contributed by atoms with Gasteiger partial charge < -0.3 is 4.74 Å². The van der Waals surface area contributed by atoms with Gasteiger partial charge in [-0.2, -0.15) is 0 Å². The Labute approximate surface area is 117 Å². The molecule has 0 aromatic carbocycles. The first-order valence-electron chi connectivity index (χ1n) is 7.32. The topological polar surface area (TPSA) is 26.3 Å². The fraction of sp³-hybridized carbons (Fsp3) is 0.867. The van der Waals surface area contributed by atoms with Crippen LogP contribution in [0.3, 0.4) is 0 Å². The zero-order valence-corrected chi connectivity index (χ0v) is 12.5. The lowest BCUT2D eigenvalue weighted by atomic mass is 10.1. The van der Waals surface area contributed by atoms with Gasteiger partial charge in [-0.15, -0.1) is 11.6 Å². The molecule has 0 amide bonds. The summed E-state index contributed by atoms with van der Waals surface area (Å²) in [6.45, 7) is 6.12. The molecule has 0 heterocycles. The molecule has 0 fully saturated rings. The molecule has 0 saturated heterocycles. The first-order chi connectivity index (χ1) is 8.68. The van der Waals surface area contributed by atoms with E-state index < -0.39 is 11.3 Å². The Morgan fingerprint density at radius 1 is 1.00 bits per heavy atom. The van der Waals surface area contributed by atoms with Crippen molar-refractivity contribution in [3.05, 3.63) is 6.92 Å². The highest BCUT2D eigenvalue weighted by molar-refractivity contribution is 6.30. The zero-order chi connectivity index (χ0) is 13.6. The zero-order valence-electron chi connectivity index (χ0n) is 11.8. The van der Waals surface area contributed by atoms with Crippen LogP contribution >= 0.6 is 11.6 Å². The number of halogens is 1. The summed E-state index contributed by atoms with van der Waals surface area (Å²) in [6, 6.07) is 0. The fourth-order valence-electron chi connectivity index (χ4n) is 1.85. The monoisotopic (exact) mass is 275 g/mol.